The van der Waals surface area contributed by atoms with Crippen LogP contribution in [0.15, 0.2) is 18.2 Å². The van der Waals surface area contributed by atoms with Gasteiger partial charge in [0, 0.05) is 18.2 Å². The van der Waals surface area contributed by atoms with Gasteiger partial charge in [0.05, 0.1) is 5.02 Å². The van der Waals surface area contributed by atoms with Gasteiger partial charge < -0.3 is 15.2 Å². The maximum absolute atomic E-state index is 11.9. The van der Waals surface area contributed by atoms with Crippen molar-refractivity contribution in [1.29, 1.82) is 0 Å². The minimum Gasteiger partial charge on any atom is -0.479 e. The van der Waals surface area contributed by atoms with Gasteiger partial charge in [0.1, 0.15) is 5.75 Å². The fraction of sp³-hybridized carbons (Fsp3) is 0.533. The number of benzene rings is 1. The second-order valence-corrected chi connectivity index (χ2v) is 5.61. The third-order valence-corrected chi connectivity index (χ3v) is 3.48. The number of aliphatic hydroxyl groups excluding tert-OH is 1. The van der Waals surface area contributed by atoms with E-state index in [1.54, 1.807) is 25.1 Å². The Labute approximate surface area is 135 Å². The quantitative estimate of drug-likeness (QED) is 0.680. The summed E-state index contributed by atoms with van der Waals surface area (Å²) in [5.74, 6) is 0.259. The number of rotatable bonds is 9. The Morgan fingerprint density at radius 3 is 2.67 bits per heavy atom. The molecule has 0 saturated carbocycles. The van der Waals surface area contributed by atoms with Crippen LogP contribution in [0.3, 0.4) is 0 Å². The second kappa shape index (κ2) is 9.87. The first-order chi connectivity index (χ1) is 10.0. The number of carbonyl (C=O) groups is 1. The molecule has 0 heterocycles. The molecule has 4 nitrogen and oxygen atoms in total. The molecule has 2 N–H and O–H groups in total. The molecule has 0 aliphatic rings. The van der Waals surface area contributed by atoms with Crippen molar-refractivity contribution in [1.82, 2.24) is 5.32 Å². The van der Waals surface area contributed by atoms with E-state index in [4.69, 9.17) is 33.0 Å². The molecule has 1 aromatic carbocycles. The van der Waals surface area contributed by atoms with Gasteiger partial charge in [0.2, 0.25) is 0 Å². The molecule has 0 spiro atoms. The minimum atomic E-state index is -0.624. The summed E-state index contributed by atoms with van der Waals surface area (Å²) in [6.07, 6.45) is 3.03. The van der Waals surface area contributed by atoms with Crippen molar-refractivity contribution in [3.63, 3.8) is 0 Å². The molecule has 0 aliphatic heterocycles. The van der Waals surface area contributed by atoms with Gasteiger partial charge in [-0.15, -0.1) is 0 Å². The van der Waals surface area contributed by atoms with Gasteiger partial charge in [0.15, 0.2) is 6.10 Å². The molecule has 6 heteroatoms. The van der Waals surface area contributed by atoms with E-state index >= 15 is 0 Å². The highest BCUT2D eigenvalue weighted by Gasteiger charge is 2.15. The van der Waals surface area contributed by atoms with Gasteiger partial charge in [-0.25, -0.2) is 0 Å². The Morgan fingerprint density at radius 1 is 1.29 bits per heavy atom. The summed E-state index contributed by atoms with van der Waals surface area (Å²) in [4.78, 5) is 11.9. The zero-order valence-electron chi connectivity index (χ0n) is 12.1. The summed E-state index contributed by atoms with van der Waals surface area (Å²) >= 11 is 11.8. The molecule has 0 aliphatic carbocycles. The zero-order valence-corrected chi connectivity index (χ0v) is 13.6. The molecule has 1 unspecified atom stereocenters. The first kappa shape index (κ1) is 18.1. The Bertz CT molecular complexity index is 455. The first-order valence-corrected chi connectivity index (χ1v) is 7.80. The standard InChI is InChI=1S/C15H21Cl2NO3/c1-11(15(20)18-8-4-2-3-5-9-19)21-14-7-6-12(16)10-13(14)17/h6-7,10-11,19H,2-5,8-9H2,1H3,(H,18,20). The van der Waals surface area contributed by atoms with E-state index < -0.39 is 6.10 Å². The number of halogens is 2. The van der Waals surface area contributed by atoms with Crippen molar-refractivity contribution >= 4 is 29.1 Å². The van der Waals surface area contributed by atoms with Crippen LogP contribution in [0.5, 0.6) is 5.75 Å². The van der Waals surface area contributed by atoms with Crippen LogP contribution in [0.1, 0.15) is 32.6 Å². The number of nitrogens with one attached hydrogen (secondary N) is 1. The Morgan fingerprint density at radius 2 is 2.00 bits per heavy atom. The summed E-state index contributed by atoms with van der Waals surface area (Å²) in [6.45, 7) is 2.50. The van der Waals surface area contributed by atoms with Crippen LogP contribution in [-0.2, 0) is 4.79 Å². The van der Waals surface area contributed by atoms with Gasteiger partial charge in [-0.2, -0.15) is 0 Å². The van der Waals surface area contributed by atoms with E-state index in [0.717, 1.165) is 25.7 Å². The molecule has 1 atom stereocenters. The molecule has 0 bridgehead atoms. The molecular weight excluding hydrogens is 313 g/mol. The lowest BCUT2D eigenvalue weighted by Crippen LogP contribution is -2.36. The third kappa shape index (κ3) is 7.02. The molecule has 118 valence electrons. The van der Waals surface area contributed by atoms with E-state index in [0.29, 0.717) is 22.3 Å². The van der Waals surface area contributed by atoms with Gasteiger partial charge >= 0.3 is 0 Å². The summed E-state index contributed by atoms with van der Waals surface area (Å²) in [5, 5.41) is 12.4. The number of hydrogen-bond acceptors (Lipinski definition) is 3. The number of aliphatic hydroxyl groups is 1. The van der Waals surface area contributed by atoms with Gasteiger partial charge in [-0.05, 0) is 38.0 Å². The number of carbonyl (C=O) groups excluding carboxylic acids is 1. The smallest absolute Gasteiger partial charge is 0.260 e. The number of hydrogen-bond donors (Lipinski definition) is 2. The Kier molecular flexibility index (Phi) is 8.50. The Hall–Kier alpha value is -0.970. The SMILES string of the molecule is CC(Oc1ccc(Cl)cc1Cl)C(=O)NCCCCCCO. The first-order valence-electron chi connectivity index (χ1n) is 7.05. The van der Waals surface area contributed by atoms with Crippen LogP contribution < -0.4 is 10.1 Å². The van der Waals surface area contributed by atoms with Crippen molar-refractivity contribution in [3.05, 3.63) is 28.2 Å². The van der Waals surface area contributed by atoms with Gasteiger partial charge in [-0.3, -0.25) is 4.79 Å². The van der Waals surface area contributed by atoms with Crippen LogP contribution in [0, 0.1) is 0 Å². The summed E-state index contributed by atoms with van der Waals surface area (Å²) in [5.41, 5.74) is 0. The predicted molar refractivity (Wildman–Crippen MR) is 85.1 cm³/mol. The lowest BCUT2D eigenvalue weighted by atomic mass is 10.2. The highest BCUT2D eigenvalue weighted by atomic mass is 35.5. The molecule has 1 aromatic rings. The van der Waals surface area contributed by atoms with Crippen LogP contribution in [-0.4, -0.2) is 30.3 Å². The van der Waals surface area contributed by atoms with Crippen molar-refractivity contribution in [2.24, 2.45) is 0 Å². The summed E-state index contributed by atoms with van der Waals surface area (Å²) < 4.78 is 5.52. The second-order valence-electron chi connectivity index (χ2n) is 4.76. The number of unbranched alkanes of at least 4 members (excludes halogenated alkanes) is 3. The average Bonchev–Trinajstić information content (AvgIpc) is 2.45. The molecule has 21 heavy (non-hydrogen) atoms. The third-order valence-electron chi connectivity index (χ3n) is 2.95. The predicted octanol–water partition coefficient (Wildman–Crippen LogP) is 3.43. The number of ether oxygens (including phenoxy) is 1. The van der Waals surface area contributed by atoms with Gasteiger partial charge in [-0.1, -0.05) is 36.0 Å². The zero-order chi connectivity index (χ0) is 15.7. The Balaban J connectivity index is 2.30. The van der Waals surface area contributed by atoms with Crippen LogP contribution in [0.2, 0.25) is 10.0 Å². The maximum atomic E-state index is 11.9. The van der Waals surface area contributed by atoms with Crippen molar-refractivity contribution in [3.8, 4) is 5.75 Å². The molecule has 0 radical (unpaired) electrons. The molecule has 1 amide bonds. The topological polar surface area (TPSA) is 58.6 Å². The summed E-state index contributed by atoms with van der Waals surface area (Å²) in [7, 11) is 0. The molecule has 1 rings (SSSR count). The number of amides is 1. The van der Waals surface area contributed by atoms with E-state index in [9.17, 15) is 4.79 Å². The van der Waals surface area contributed by atoms with Crippen LogP contribution in [0.4, 0.5) is 0 Å². The van der Waals surface area contributed by atoms with Crippen molar-refractivity contribution in [2.45, 2.75) is 38.7 Å². The molecule has 0 fully saturated rings. The lowest BCUT2D eigenvalue weighted by Gasteiger charge is -2.15. The summed E-state index contributed by atoms with van der Waals surface area (Å²) in [6, 6.07) is 4.88. The van der Waals surface area contributed by atoms with Crippen molar-refractivity contribution in [2.75, 3.05) is 13.2 Å². The largest absolute Gasteiger partial charge is 0.479 e. The van der Waals surface area contributed by atoms with E-state index in [1.165, 1.54) is 0 Å². The van der Waals surface area contributed by atoms with Crippen LogP contribution >= 0.6 is 23.2 Å². The molecule has 0 saturated heterocycles. The van der Waals surface area contributed by atoms with E-state index in [-0.39, 0.29) is 12.5 Å². The van der Waals surface area contributed by atoms with E-state index in [1.807, 2.05) is 0 Å². The normalized spacial score (nSPS) is 12.0. The minimum absolute atomic E-state index is 0.178. The fourth-order valence-corrected chi connectivity index (χ4v) is 2.21. The fourth-order valence-electron chi connectivity index (χ4n) is 1.76. The monoisotopic (exact) mass is 333 g/mol. The molecule has 0 aromatic heterocycles. The van der Waals surface area contributed by atoms with Crippen LogP contribution in [0.25, 0.3) is 0 Å². The van der Waals surface area contributed by atoms with E-state index in [2.05, 4.69) is 5.32 Å². The average molecular weight is 334 g/mol. The van der Waals surface area contributed by atoms with Crippen molar-refractivity contribution < 1.29 is 14.6 Å². The maximum Gasteiger partial charge on any atom is 0.260 e. The van der Waals surface area contributed by atoms with Gasteiger partial charge in [0.25, 0.3) is 5.91 Å². The lowest BCUT2D eigenvalue weighted by molar-refractivity contribution is -0.127. The highest BCUT2D eigenvalue weighted by Crippen LogP contribution is 2.28. The highest BCUT2D eigenvalue weighted by molar-refractivity contribution is 6.35. The molecular formula is C15H21Cl2NO3.